The molecule has 2 N–H and O–H groups in total. The van der Waals surface area contributed by atoms with Gasteiger partial charge in [0.05, 0.1) is 0 Å². The van der Waals surface area contributed by atoms with Crippen LogP contribution in [0.25, 0.3) is 0 Å². The van der Waals surface area contributed by atoms with Crippen molar-refractivity contribution in [3.05, 3.63) is 53.6 Å². The molecular weight excluding hydrogens is 234 g/mol. The van der Waals surface area contributed by atoms with E-state index in [1.807, 2.05) is 18.2 Å². The van der Waals surface area contributed by atoms with Crippen molar-refractivity contribution < 1.29 is 0 Å². The highest BCUT2D eigenvalue weighted by Crippen LogP contribution is 2.34. The van der Waals surface area contributed by atoms with E-state index in [0.717, 1.165) is 24.7 Å². The zero-order valence-electron chi connectivity index (χ0n) is 11.2. The third-order valence-corrected chi connectivity index (χ3v) is 3.60. The summed E-state index contributed by atoms with van der Waals surface area (Å²) in [5.41, 5.74) is 2.97. The van der Waals surface area contributed by atoms with Gasteiger partial charge in [0.15, 0.2) is 0 Å². The lowest BCUT2D eigenvalue weighted by Crippen LogP contribution is -2.24. The van der Waals surface area contributed by atoms with Gasteiger partial charge in [0.1, 0.15) is 11.6 Å². The lowest BCUT2D eigenvalue weighted by atomic mass is 9.77. The quantitative estimate of drug-likeness (QED) is 0.858. The van der Waals surface area contributed by atoms with Crippen molar-refractivity contribution in [2.75, 3.05) is 23.7 Å². The van der Waals surface area contributed by atoms with Crippen LogP contribution in [0, 0.1) is 0 Å². The summed E-state index contributed by atoms with van der Waals surface area (Å²) in [6.07, 6.45) is 1.18. The first kappa shape index (κ1) is 12.0. The smallest absolute Gasteiger partial charge is 0.128 e. The van der Waals surface area contributed by atoms with Crippen molar-refractivity contribution in [3.63, 3.8) is 0 Å². The van der Waals surface area contributed by atoms with Crippen LogP contribution in [0.1, 0.15) is 24.0 Å². The third-order valence-electron chi connectivity index (χ3n) is 3.60. The van der Waals surface area contributed by atoms with E-state index in [2.05, 4.69) is 46.8 Å². The zero-order valence-corrected chi connectivity index (χ0v) is 11.2. The van der Waals surface area contributed by atoms with Crippen molar-refractivity contribution in [3.8, 4) is 0 Å². The van der Waals surface area contributed by atoms with Crippen LogP contribution in [0.2, 0.25) is 0 Å². The first-order valence-electron chi connectivity index (χ1n) is 6.89. The summed E-state index contributed by atoms with van der Waals surface area (Å²) < 4.78 is 0. The maximum absolute atomic E-state index is 4.53. The molecule has 19 heavy (non-hydrogen) atoms. The monoisotopic (exact) mass is 253 g/mol. The molecule has 1 aromatic carbocycles. The second-order valence-electron chi connectivity index (χ2n) is 4.92. The first-order chi connectivity index (χ1) is 9.36. The van der Waals surface area contributed by atoms with Gasteiger partial charge in [-0.15, -0.1) is 0 Å². The molecule has 0 aliphatic heterocycles. The van der Waals surface area contributed by atoms with Crippen molar-refractivity contribution in [1.29, 1.82) is 0 Å². The molecule has 3 heteroatoms. The van der Waals surface area contributed by atoms with Crippen LogP contribution in [0.5, 0.6) is 0 Å². The number of hydrogen-bond acceptors (Lipinski definition) is 3. The fourth-order valence-electron chi connectivity index (χ4n) is 2.59. The molecule has 0 saturated carbocycles. The van der Waals surface area contributed by atoms with Crippen LogP contribution in [0.15, 0.2) is 42.5 Å². The van der Waals surface area contributed by atoms with Crippen LogP contribution in [0.3, 0.4) is 0 Å². The van der Waals surface area contributed by atoms with E-state index in [9.17, 15) is 0 Å². The molecule has 1 unspecified atom stereocenters. The van der Waals surface area contributed by atoms with Crippen LogP contribution in [-0.2, 0) is 6.42 Å². The highest BCUT2D eigenvalue weighted by atomic mass is 15.1. The fourth-order valence-corrected chi connectivity index (χ4v) is 2.59. The molecule has 3 rings (SSSR count). The average molecular weight is 253 g/mol. The fraction of sp³-hybridized carbons (Fsp3) is 0.312. The van der Waals surface area contributed by atoms with Gasteiger partial charge in [-0.05, 0) is 36.6 Å². The Hall–Kier alpha value is -2.03. The summed E-state index contributed by atoms with van der Waals surface area (Å²) in [7, 11) is 0. The Morgan fingerprint density at radius 3 is 2.63 bits per heavy atom. The normalized spacial score (nSPS) is 16.4. The molecule has 0 bridgehead atoms. The lowest BCUT2D eigenvalue weighted by molar-refractivity contribution is 0.634. The number of rotatable bonds is 5. The van der Waals surface area contributed by atoms with Gasteiger partial charge in [-0.3, -0.25) is 0 Å². The molecule has 1 heterocycles. The minimum atomic E-state index is 0.626. The first-order valence-corrected chi connectivity index (χ1v) is 6.89. The maximum atomic E-state index is 4.53. The zero-order chi connectivity index (χ0) is 13.1. The van der Waals surface area contributed by atoms with Gasteiger partial charge in [-0.25, -0.2) is 4.98 Å². The summed E-state index contributed by atoms with van der Waals surface area (Å²) in [6, 6.07) is 14.7. The second-order valence-corrected chi connectivity index (χ2v) is 4.92. The summed E-state index contributed by atoms with van der Waals surface area (Å²) in [4.78, 5) is 4.53. The van der Waals surface area contributed by atoms with E-state index in [1.165, 1.54) is 17.5 Å². The molecule has 1 atom stereocenters. The van der Waals surface area contributed by atoms with Crippen LogP contribution in [-0.4, -0.2) is 18.1 Å². The number of aromatic nitrogens is 1. The SMILES string of the molecule is CCNc1cccc(NCC2Cc3ccccc32)n1. The van der Waals surface area contributed by atoms with E-state index >= 15 is 0 Å². The highest BCUT2D eigenvalue weighted by molar-refractivity contribution is 5.47. The van der Waals surface area contributed by atoms with E-state index in [1.54, 1.807) is 0 Å². The van der Waals surface area contributed by atoms with Crippen LogP contribution in [0.4, 0.5) is 11.6 Å². The highest BCUT2D eigenvalue weighted by Gasteiger charge is 2.24. The Morgan fingerprint density at radius 2 is 1.84 bits per heavy atom. The molecule has 1 aliphatic rings. The molecular formula is C16H19N3. The van der Waals surface area contributed by atoms with Crippen LogP contribution >= 0.6 is 0 Å². The van der Waals surface area contributed by atoms with Crippen molar-refractivity contribution >= 4 is 11.6 Å². The number of nitrogens with one attached hydrogen (secondary N) is 2. The van der Waals surface area contributed by atoms with Gasteiger partial charge < -0.3 is 10.6 Å². The molecule has 98 valence electrons. The van der Waals surface area contributed by atoms with E-state index in [0.29, 0.717) is 5.92 Å². The van der Waals surface area contributed by atoms with E-state index < -0.39 is 0 Å². The summed E-state index contributed by atoms with van der Waals surface area (Å²) >= 11 is 0. The van der Waals surface area contributed by atoms with Gasteiger partial charge in [0.2, 0.25) is 0 Å². The third kappa shape index (κ3) is 2.55. The average Bonchev–Trinajstić information content (AvgIpc) is 2.41. The largest absolute Gasteiger partial charge is 0.370 e. The maximum Gasteiger partial charge on any atom is 0.128 e. The minimum Gasteiger partial charge on any atom is -0.370 e. The Bertz CT molecular complexity index is 565. The summed E-state index contributed by atoms with van der Waals surface area (Å²) in [5, 5.41) is 6.66. The number of pyridine rings is 1. The molecule has 3 nitrogen and oxygen atoms in total. The number of fused-ring (bicyclic) bond motifs is 1. The Morgan fingerprint density at radius 1 is 1.05 bits per heavy atom. The van der Waals surface area contributed by atoms with Crippen molar-refractivity contribution in [2.45, 2.75) is 19.3 Å². The number of benzene rings is 1. The lowest BCUT2D eigenvalue weighted by Gasteiger charge is -2.30. The summed E-state index contributed by atoms with van der Waals surface area (Å²) in [6.45, 7) is 3.93. The second kappa shape index (κ2) is 5.31. The van der Waals surface area contributed by atoms with Gasteiger partial charge in [0, 0.05) is 19.0 Å². The molecule has 0 saturated heterocycles. The molecule has 0 spiro atoms. The van der Waals surface area contributed by atoms with E-state index in [-0.39, 0.29) is 0 Å². The number of hydrogen-bond donors (Lipinski definition) is 2. The minimum absolute atomic E-state index is 0.626. The number of anilines is 2. The summed E-state index contributed by atoms with van der Waals surface area (Å²) in [5.74, 6) is 2.50. The van der Waals surface area contributed by atoms with Crippen molar-refractivity contribution in [2.24, 2.45) is 0 Å². The topological polar surface area (TPSA) is 37.0 Å². The van der Waals surface area contributed by atoms with Gasteiger partial charge in [-0.1, -0.05) is 30.3 Å². The predicted octanol–water partition coefficient (Wildman–Crippen LogP) is 3.27. The van der Waals surface area contributed by atoms with E-state index in [4.69, 9.17) is 0 Å². The molecule has 2 aromatic rings. The molecule has 1 aliphatic carbocycles. The van der Waals surface area contributed by atoms with Gasteiger partial charge in [-0.2, -0.15) is 0 Å². The Kier molecular flexibility index (Phi) is 3.36. The molecule has 1 aromatic heterocycles. The molecule has 0 radical (unpaired) electrons. The Labute approximate surface area is 114 Å². The predicted molar refractivity (Wildman–Crippen MR) is 79.8 cm³/mol. The van der Waals surface area contributed by atoms with Crippen LogP contribution < -0.4 is 10.6 Å². The van der Waals surface area contributed by atoms with Gasteiger partial charge in [0.25, 0.3) is 0 Å². The standard InChI is InChI=1S/C16H19N3/c1-2-17-15-8-5-9-16(19-15)18-11-13-10-12-6-3-4-7-14(12)13/h3-9,13H,2,10-11H2,1H3,(H2,17,18,19). The number of nitrogens with zero attached hydrogens (tertiary/aromatic N) is 1. The van der Waals surface area contributed by atoms with Gasteiger partial charge >= 0.3 is 0 Å². The molecule has 0 amide bonds. The Balaban J connectivity index is 1.60. The molecule has 0 fully saturated rings. The van der Waals surface area contributed by atoms with Crippen molar-refractivity contribution in [1.82, 2.24) is 4.98 Å².